The summed E-state index contributed by atoms with van der Waals surface area (Å²) in [6.07, 6.45) is 0.766. The van der Waals surface area contributed by atoms with Crippen LogP contribution in [0.25, 0.3) is 0 Å². The number of halogens is 2. The van der Waals surface area contributed by atoms with Crippen LogP contribution in [0.1, 0.15) is 22.7 Å². The van der Waals surface area contributed by atoms with Gasteiger partial charge in [-0.3, -0.25) is 0 Å². The van der Waals surface area contributed by atoms with Crippen LogP contribution in [0.2, 0.25) is 10.0 Å². The summed E-state index contributed by atoms with van der Waals surface area (Å²) < 4.78 is 5.40. The predicted octanol–water partition coefficient (Wildman–Crippen LogP) is 4.81. The summed E-state index contributed by atoms with van der Waals surface area (Å²) in [5.41, 5.74) is 3.32. The van der Waals surface area contributed by atoms with Crippen molar-refractivity contribution in [3.8, 4) is 5.75 Å². The number of methoxy groups -OCH3 is 1. The predicted molar refractivity (Wildman–Crippen MR) is 89.7 cm³/mol. The van der Waals surface area contributed by atoms with Crippen molar-refractivity contribution in [1.29, 1.82) is 0 Å². The van der Waals surface area contributed by atoms with Crippen LogP contribution < -0.4 is 10.1 Å². The summed E-state index contributed by atoms with van der Waals surface area (Å²) in [5.74, 6) is 0.893. The molecule has 2 nitrogen and oxygen atoms in total. The number of benzene rings is 2. The third kappa shape index (κ3) is 3.70. The van der Waals surface area contributed by atoms with Crippen molar-refractivity contribution in [2.45, 2.75) is 19.4 Å². The van der Waals surface area contributed by atoms with Gasteiger partial charge in [-0.1, -0.05) is 47.5 Å². The molecule has 0 amide bonds. The summed E-state index contributed by atoms with van der Waals surface area (Å²) >= 11 is 12.4. The molecule has 0 radical (unpaired) electrons. The Labute approximate surface area is 136 Å². The molecule has 4 heteroatoms. The van der Waals surface area contributed by atoms with Gasteiger partial charge in [-0.05, 0) is 49.2 Å². The van der Waals surface area contributed by atoms with E-state index < -0.39 is 0 Å². The first kappa shape index (κ1) is 16.2. The maximum atomic E-state index is 6.28. The fraction of sp³-hybridized carbons (Fsp3) is 0.294. The Balaban J connectivity index is 2.30. The molecule has 1 unspecified atom stereocenters. The second kappa shape index (κ2) is 7.17. The van der Waals surface area contributed by atoms with E-state index >= 15 is 0 Å². The molecule has 1 N–H and O–H groups in total. The first-order valence-corrected chi connectivity index (χ1v) is 7.57. The zero-order valence-corrected chi connectivity index (χ0v) is 13.9. The number of hydrogen-bond donors (Lipinski definition) is 1. The van der Waals surface area contributed by atoms with E-state index in [-0.39, 0.29) is 6.04 Å². The number of hydrogen-bond acceptors (Lipinski definition) is 2. The molecule has 2 aromatic rings. The molecule has 2 rings (SSSR count). The summed E-state index contributed by atoms with van der Waals surface area (Å²) in [6, 6.07) is 12.1. The van der Waals surface area contributed by atoms with E-state index in [1.807, 2.05) is 26.1 Å². The van der Waals surface area contributed by atoms with Crippen LogP contribution in [0.5, 0.6) is 5.75 Å². The lowest BCUT2D eigenvalue weighted by Crippen LogP contribution is -2.19. The van der Waals surface area contributed by atoms with E-state index in [0.29, 0.717) is 10.0 Å². The topological polar surface area (TPSA) is 21.3 Å². The quantitative estimate of drug-likeness (QED) is 0.852. The number of likely N-dealkylation sites (N-methyl/N-ethyl adjacent to an activating group) is 1. The van der Waals surface area contributed by atoms with Crippen molar-refractivity contribution in [3.63, 3.8) is 0 Å². The highest BCUT2D eigenvalue weighted by atomic mass is 35.5. The highest BCUT2D eigenvalue weighted by molar-refractivity contribution is 6.42. The summed E-state index contributed by atoms with van der Waals surface area (Å²) in [5, 5.41) is 4.54. The molecule has 0 spiro atoms. The van der Waals surface area contributed by atoms with Crippen molar-refractivity contribution >= 4 is 23.2 Å². The standard InChI is InChI=1S/C17H19Cl2NO/c1-11-7-8-12(10-16(11)21-3)15(20-2)9-13-5-4-6-14(18)17(13)19/h4-8,10,15,20H,9H2,1-3H3. The van der Waals surface area contributed by atoms with Crippen LogP contribution in [0.15, 0.2) is 36.4 Å². The number of rotatable bonds is 5. The Morgan fingerprint density at radius 3 is 2.62 bits per heavy atom. The molecule has 0 aromatic heterocycles. The molecule has 21 heavy (non-hydrogen) atoms. The molecular formula is C17H19Cl2NO. The SMILES string of the molecule is CNC(Cc1cccc(Cl)c1Cl)c1ccc(C)c(OC)c1. The number of ether oxygens (including phenoxy) is 1. The van der Waals surface area contributed by atoms with Gasteiger partial charge in [-0.25, -0.2) is 0 Å². The molecule has 0 aliphatic rings. The van der Waals surface area contributed by atoms with Crippen molar-refractivity contribution in [1.82, 2.24) is 5.32 Å². The Bertz CT molecular complexity index is 628. The number of nitrogens with one attached hydrogen (secondary N) is 1. The molecule has 0 saturated heterocycles. The van der Waals surface area contributed by atoms with Gasteiger partial charge in [0.05, 0.1) is 17.2 Å². The van der Waals surface area contributed by atoms with Crippen molar-refractivity contribution in [2.75, 3.05) is 14.2 Å². The second-order valence-electron chi connectivity index (χ2n) is 4.99. The minimum atomic E-state index is 0.149. The van der Waals surface area contributed by atoms with Crippen LogP contribution in [-0.2, 0) is 6.42 Å². The van der Waals surface area contributed by atoms with Gasteiger partial charge in [0, 0.05) is 6.04 Å². The number of aryl methyl sites for hydroxylation is 1. The highest BCUT2D eigenvalue weighted by Gasteiger charge is 2.14. The largest absolute Gasteiger partial charge is 0.496 e. The first-order valence-electron chi connectivity index (χ1n) is 6.81. The summed E-state index contributed by atoms with van der Waals surface area (Å²) in [4.78, 5) is 0. The van der Waals surface area contributed by atoms with Crippen molar-refractivity contribution in [3.05, 3.63) is 63.1 Å². The third-order valence-electron chi connectivity index (χ3n) is 3.64. The molecule has 0 heterocycles. The maximum Gasteiger partial charge on any atom is 0.122 e. The van der Waals surface area contributed by atoms with Gasteiger partial charge >= 0.3 is 0 Å². The van der Waals surface area contributed by atoms with Crippen molar-refractivity contribution < 1.29 is 4.74 Å². The summed E-state index contributed by atoms with van der Waals surface area (Å²) in [6.45, 7) is 2.03. The normalized spacial score (nSPS) is 12.2. The van der Waals surface area contributed by atoms with E-state index in [2.05, 4.69) is 23.5 Å². The van der Waals surface area contributed by atoms with Crippen LogP contribution >= 0.6 is 23.2 Å². The Kier molecular flexibility index (Phi) is 5.51. The van der Waals surface area contributed by atoms with Crippen LogP contribution in [0.4, 0.5) is 0 Å². The molecule has 0 bridgehead atoms. The van der Waals surface area contributed by atoms with Crippen LogP contribution in [-0.4, -0.2) is 14.2 Å². The Morgan fingerprint density at radius 1 is 1.19 bits per heavy atom. The molecule has 1 atom stereocenters. The maximum absolute atomic E-state index is 6.28. The Morgan fingerprint density at radius 2 is 1.95 bits per heavy atom. The van der Waals surface area contributed by atoms with E-state index in [1.165, 1.54) is 0 Å². The highest BCUT2D eigenvalue weighted by Crippen LogP contribution is 2.30. The second-order valence-corrected chi connectivity index (χ2v) is 5.77. The monoisotopic (exact) mass is 323 g/mol. The molecule has 0 aliphatic carbocycles. The minimum Gasteiger partial charge on any atom is -0.496 e. The van der Waals surface area contributed by atoms with Crippen LogP contribution in [0.3, 0.4) is 0 Å². The van der Waals surface area contributed by atoms with E-state index in [9.17, 15) is 0 Å². The van der Waals surface area contributed by atoms with Gasteiger partial charge in [0.1, 0.15) is 5.75 Å². The molecule has 2 aromatic carbocycles. The van der Waals surface area contributed by atoms with Gasteiger partial charge in [0.25, 0.3) is 0 Å². The zero-order chi connectivity index (χ0) is 15.4. The average molecular weight is 324 g/mol. The molecule has 112 valence electrons. The first-order chi connectivity index (χ1) is 10.1. The molecule has 0 fully saturated rings. The van der Waals surface area contributed by atoms with Gasteiger partial charge in [-0.2, -0.15) is 0 Å². The van der Waals surface area contributed by atoms with E-state index in [1.54, 1.807) is 13.2 Å². The molecule has 0 saturated carbocycles. The van der Waals surface area contributed by atoms with Gasteiger partial charge in [-0.15, -0.1) is 0 Å². The Hall–Kier alpha value is -1.22. The van der Waals surface area contributed by atoms with Gasteiger partial charge in [0.2, 0.25) is 0 Å². The smallest absolute Gasteiger partial charge is 0.122 e. The lowest BCUT2D eigenvalue weighted by molar-refractivity contribution is 0.410. The van der Waals surface area contributed by atoms with Crippen molar-refractivity contribution in [2.24, 2.45) is 0 Å². The minimum absolute atomic E-state index is 0.149. The van der Waals surface area contributed by atoms with Gasteiger partial charge < -0.3 is 10.1 Å². The van der Waals surface area contributed by atoms with Crippen LogP contribution in [0, 0.1) is 6.92 Å². The van der Waals surface area contributed by atoms with Gasteiger partial charge in [0.15, 0.2) is 0 Å². The lowest BCUT2D eigenvalue weighted by atomic mass is 9.97. The fourth-order valence-corrected chi connectivity index (χ4v) is 2.76. The lowest BCUT2D eigenvalue weighted by Gasteiger charge is -2.19. The molecule has 0 aliphatic heterocycles. The zero-order valence-electron chi connectivity index (χ0n) is 12.4. The fourth-order valence-electron chi connectivity index (χ4n) is 2.37. The van der Waals surface area contributed by atoms with E-state index in [4.69, 9.17) is 27.9 Å². The molecular weight excluding hydrogens is 305 g/mol. The average Bonchev–Trinajstić information content (AvgIpc) is 2.49. The summed E-state index contributed by atoms with van der Waals surface area (Å²) in [7, 11) is 3.63. The van der Waals surface area contributed by atoms with E-state index in [0.717, 1.165) is 28.9 Å². The third-order valence-corrected chi connectivity index (χ3v) is 4.50.